The molecule has 8 nitrogen and oxygen atoms in total. The van der Waals surface area contributed by atoms with Gasteiger partial charge in [-0.05, 0) is 55.8 Å². The van der Waals surface area contributed by atoms with Gasteiger partial charge in [0.2, 0.25) is 0 Å². The number of nitrogens with one attached hydrogen (secondary N) is 1. The molecule has 0 bridgehead atoms. The second-order valence-corrected chi connectivity index (χ2v) is 9.88. The Morgan fingerprint density at radius 1 is 1.13 bits per heavy atom. The minimum Gasteiger partial charge on any atom is -0.492 e. The van der Waals surface area contributed by atoms with Crippen molar-refractivity contribution in [2.24, 2.45) is 5.73 Å². The number of aromatic amines is 1. The number of likely N-dealkylation sites (N-methyl/N-ethyl adjacent to an activating group) is 1. The second-order valence-electron chi connectivity index (χ2n) is 9.88. The Hall–Kier alpha value is -4.43. The highest BCUT2D eigenvalue weighted by atomic mass is 16.5. The van der Waals surface area contributed by atoms with Crippen molar-refractivity contribution in [1.82, 2.24) is 24.6 Å². The summed E-state index contributed by atoms with van der Waals surface area (Å²) in [5.74, 6) is 0.323. The first kappa shape index (κ1) is 23.9. The van der Waals surface area contributed by atoms with Gasteiger partial charge in [-0.3, -0.25) is 9.48 Å². The minimum absolute atomic E-state index is 0.375. The highest BCUT2D eigenvalue weighted by molar-refractivity contribution is 6.04. The number of benzene rings is 2. The van der Waals surface area contributed by atoms with Crippen LogP contribution in [0.3, 0.4) is 0 Å². The van der Waals surface area contributed by atoms with Gasteiger partial charge in [0.1, 0.15) is 23.7 Å². The van der Waals surface area contributed by atoms with Crippen LogP contribution >= 0.6 is 0 Å². The smallest absolute Gasteiger partial charge is 0.252 e. The van der Waals surface area contributed by atoms with Crippen molar-refractivity contribution in [1.29, 1.82) is 0 Å². The molecule has 1 amide bonds. The van der Waals surface area contributed by atoms with E-state index in [9.17, 15) is 4.79 Å². The zero-order chi connectivity index (χ0) is 26.1. The third kappa shape index (κ3) is 4.78. The number of primary amides is 1. The Balaban J connectivity index is 1.31. The van der Waals surface area contributed by atoms with Crippen molar-refractivity contribution in [3.63, 3.8) is 0 Å². The molecule has 1 aliphatic heterocycles. The Labute approximate surface area is 221 Å². The number of aromatic nitrogens is 4. The van der Waals surface area contributed by atoms with Crippen LogP contribution < -0.4 is 10.5 Å². The van der Waals surface area contributed by atoms with Crippen molar-refractivity contribution in [2.45, 2.75) is 25.4 Å². The maximum Gasteiger partial charge on any atom is 0.252 e. The van der Waals surface area contributed by atoms with Crippen LogP contribution in [0.25, 0.3) is 33.4 Å². The first-order valence-electron chi connectivity index (χ1n) is 12.9. The molecule has 0 saturated carbocycles. The first-order valence-corrected chi connectivity index (χ1v) is 12.9. The number of hydrogen-bond donors (Lipinski definition) is 2. The molecule has 0 spiro atoms. The summed E-state index contributed by atoms with van der Waals surface area (Å²) in [6.07, 6.45) is 7.78. The fraction of sp³-hybridized carbons (Fsp3) is 0.233. The standard InChI is InChI=1S/C30H30N6O2/c1-35-12-6-10-23(35)19-38-24-11-5-9-21(13-24)22-14-25-26(16-33-30(25)32-15-22)28-27(29(31)37)18-36(34-28)17-20-7-3-2-4-8-20/h2-5,7-9,11,13-16,18,23H,6,10,12,17,19H2,1H3,(H2,31,37)(H,32,33)/t23-/m0/s1. The lowest BCUT2D eigenvalue weighted by Crippen LogP contribution is -2.30. The fourth-order valence-corrected chi connectivity index (χ4v) is 5.16. The molecule has 0 radical (unpaired) electrons. The third-order valence-electron chi connectivity index (χ3n) is 7.28. The van der Waals surface area contributed by atoms with E-state index in [1.807, 2.05) is 67.0 Å². The molecular weight excluding hydrogens is 476 g/mol. The maximum absolute atomic E-state index is 12.3. The monoisotopic (exact) mass is 506 g/mol. The van der Waals surface area contributed by atoms with Gasteiger partial charge >= 0.3 is 0 Å². The summed E-state index contributed by atoms with van der Waals surface area (Å²) < 4.78 is 7.90. The van der Waals surface area contributed by atoms with Crippen molar-refractivity contribution in [3.8, 4) is 28.1 Å². The fourth-order valence-electron chi connectivity index (χ4n) is 5.16. The van der Waals surface area contributed by atoms with Gasteiger partial charge in [0, 0.05) is 41.1 Å². The number of carbonyl (C=O) groups excluding carboxylic acids is 1. The van der Waals surface area contributed by atoms with Gasteiger partial charge in [0.15, 0.2) is 0 Å². The molecule has 38 heavy (non-hydrogen) atoms. The number of carbonyl (C=O) groups is 1. The van der Waals surface area contributed by atoms with E-state index in [2.05, 4.69) is 28.0 Å². The highest BCUT2D eigenvalue weighted by Gasteiger charge is 2.22. The molecule has 1 atom stereocenters. The first-order chi connectivity index (χ1) is 18.5. The summed E-state index contributed by atoms with van der Waals surface area (Å²) in [6.45, 7) is 2.35. The number of amides is 1. The van der Waals surface area contributed by atoms with Crippen LogP contribution in [0, 0.1) is 0 Å². The molecule has 0 unspecified atom stereocenters. The molecule has 2 aromatic carbocycles. The summed E-state index contributed by atoms with van der Waals surface area (Å²) >= 11 is 0. The number of nitrogens with zero attached hydrogens (tertiary/aromatic N) is 4. The molecule has 8 heteroatoms. The molecule has 3 N–H and O–H groups in total. The molecule has 5 aromatic rings. The normalized spacial score (nSPS) is 15.8. The molecule has 192 valence electrons. The predicted octanol–water partition coefficient (Wildman–Crippen LogP) is 4.71. The molecule has 1 saturated heterocycles. The van der Waals surface area contributed by atoms with Crippen molar-refractivity contribution < 1.29 is 9.53 Å². The lowest BCUT2D eigenvalue weighted by Gasteiger charge is -2.19. The van der Waals surface area contributed by atoms with E-state index in [1.54, 1.807) is 10.9 Å². The SMILES string of the molecule is CN1CCC[C@H]1COc1cccc(-c2cnc3[nH]cc(-c4nn(Cc5ccccc5)cc4C(N)=O)c3c2)c1. The van der Waals surface area contributed by atoms with Crippen LogP contribution in [-0.2, 0) is 6.54 Å². The lowest BCUT2D eigenvalue weighted by molar-refractivity contribution is 0.100. The Kier molecular flexibility index (Phi) is 6.39. The van der Waals surface area contributed by atoms with Gasteiger partial charge in [-0.15, -0.1) is 0 Å². The van der Waals surface area contributed by atoms with E-state index >= 15 is 0 Å². The van der Waals surface area contributed by atoms with Crippen molar-refractivity contribution in [2.75, 3.05) is 20.2 Å². The summed E-state index contributed by atoms with van der Waals surface area (Å²) in [5, 5.41) is 5.62. The van der Waals surface area contributed by atoms with E-state index in [4.69, 9.17) is 15.6 Å². The van der Waals surface area contributed by atoms with Gasteiger partial charge in [-0.25, -0.2) is 4.98 Å². The number of ether oxygens (including phenoxy) is 1. The maximum atomic E-state index is 12.3. The Bertz CT molecular complexity index is 1590. The Morgan fingerprint density at radius 3 is 2.79 bits per heavy atom. The number of nitrogens with two attached hydrogens (primary N) is 1. The number of fused-ring (bicyclic) bond motifs is 1. The number of likely N-dealkylation sites (tertiary alicyclic amines) is 1. The van der Waals surface area contributed by atoms with Crippen LogP contribution in [0.15, 0.2) is 79.3 Å². The summed E-state index contributed by atoms with van der Waals surface area (Å²) in [7, 11) is 2.15. The van der Waals surface area contributed by atoms with Crippen molar-refractivity contribution in [3.05, 3.63) is 90.4 Å². The molecular formula is C30H30N6O2. The molecule has 0 aliphatic carbocycles. The van der Waals surface area contributed by atoms with Gasteiger partial charge in [0.05, 0.1) is 12.1 Å². The largest absolute Gasteiger partial charge is 0.492 e. The molecule has 1 aliphatic rings. The van der Waals surface area contributed by atoms with Crippen LogP contribution in [0.1, 0.15) is 28.8 Å². The van der Waals surface area contributed by atoms with E-state index in [-0.39, 0.29) is 0 Å². The number of pyridine rings is 1. The average Bonchev–Trinajstić information content (AvgIpc) is 3.66. The highest BCUT2D eigenvalue weighted by Crippen LogP contribution is 2.33. The summed E-state index contributed by atoms with van der Waals surface area (Å²) in [6, 6.07) is 20.6. The van der Waals surface area contributed by atoms with Crippen LogP contribution in [-0.4, -0.2) is 56.8 Å². The predicted molar refractivity (Wildman–Crippen MR) is 148 cm³/mol. The molecule has 1 fully saturated rings. The topological polar surface area (TPSA) is 102 Å². The van der Waals surface area contributed by atoms with Crippen molar-refractivity contribution >= 4 is 16.9 Å². The van der Waals surface area contributed by atoms with E-state index in [0.717, 1.165) is 39.9 Å². The van der Waals surface area contributed by atoms with Crippen LogP contribution in [0.2, 0.25) is 0 Å². The Morgan fingerprint density at radius 2 is 2.00 bits per heavy atom. The van der Waals surface area contributed by atoms with Crippen LogP contribution in [0.4, 0.5) is 0 Å². The number of rotatable bonds is 8. The summed E-state index contributed by atoms with van der Waals surface area (Å²) in [4.78, 5) is 22.6. The zero-order valence-corrected chi connectivity index (χ0v) is 21.3. The quantitative estimate of drug-likeness (QED) is 0.317. The molecule has 6 rings (SSSR count). The van der Waals surface area contributed by atoms with E-state index in [0.29, 0.717) is 36.1 Å². The minimum atomic E-state index is -0.518. The second kappa shape index (κ2) is 10.1. The number of hydrogen-bond acceptors (Lipinski definition) is 5. The van der Waals surface area contributed by atoms with E-state index in [1.165, 1.54) is 12.8 Å². The van der Waals surface area contributed by atoms with Gasteiger partial charge < -0.3 is 20.4 Å². The van der Waals surface area contributed by atoms with E-state index < -0.39 is 5.91 Å². The molecule has 3 aromatic heterocycles. The zero-order valence-electron chi connectivity index (χ0n) is 21.3. The average molecular weight is 507 g/mol. The van der Waals surface area contributed by atoms with Gasteiger partial charge in [-0.2, -0.15) is 5.10 Å². The summed E-state index contributed by atoms with van der Waals surface area (Å²) in [5.41, 5.74) is 11.2. The van der Waals surface area contributed by atoms with Gasteiger partial charge in [0.25, 0.3) is 5.91 Å². The van der Waals surface area contributed by atoms with Gasteiger partial charge in [-0.1, -0.05) is 42.5 Å². The number of H-pyrrole nitrogens is 1. The van der Waals surface area contributed by atoms with Crippen LogP contribution in [0.5, 0.6) is 5.75 Å². The molecule has 4 heterocycles. The third-order valence-corrected chi connectivity index (χ3v) is 7.28. The lowest BCUT2D eigenvalue weighted by atomic mass is 10.0.